The fourth-order valence-electron chi connectivity index (χ4n) is 1.29. The number of nitrogens with zero attached hydrogens (tertiary/aromatic N) is 3. The maximum absolute atomic E-state index is 5.51. The minimum atomic E-state index is 0.566. The van der Waals surface area contributed by atoms with Crippen LogP contribution < -0.4 is 5.73 Å². The lowest BCUT2D eigenvalue weighted by Gasteiger charge is -1.99. The topological polar surface area (TPSA) is 69.9 Å². The van der Waals surface area contributed by atoms with E-state index in [-0.39, 0.29) is 0 Å². The summed E-state index contributed by atoms with van der Waals surface area (Å²) in [6.07, 6.45) is 4.55. The lowest BCUT2D eigenvalue weighted by Crippen LogP contribution is -2.00. The van der Waals surface area contributed by atoms with E-state index < -0.39 is 0 Å². The van der Waals surface area contributed by atoms with E-state index in [2.05, 4.69) is 10.1 Å². The van der Waals surface area contributed by atoms with Crippen LogP contribution in [0, 0.1) is 6.92 Å². The van der Waals surface area contributed by atoms with Crippen molar-refractivity contribution in [1.29, 1.82) is 0 Å². The first kappa shape index (κ1) is 11.1. The lowest BCUT2D eigenvalue weighted by molar-refractivity contribution is 0.453. The molecule has 86 valence electrons. The van der Waals surface area contributed by atoms with Crippen LogP contribution in [0.1, 0.15) is 12.1 Å². The third kappa shape index (κ3) is 3.03. The van der Waals surface area contributed by atoms with Crippen molar-refractivity contribution in [2.24, 2.45) is 0 Å². The summed E-state index contributed by atoms with van der Waals surface area (Å²) in [7, 11) is 0. The highest BCUT2D eigenvalue weighted by Gasteiger charge is 2.01. The number of nitrogens with two attached hydrogens (primary N) is 1. The van der Waals surface area contributed by atoms with Crippen LogP contribution in [-0.4, -0.2) is 20.5 Å². The minimum Gasteiger partial charge on any atom is -0.440 e. The molecule has 0 aromatic carbocycles. The van der Waals surface area contributed by atoms with Crippen molar-refractivity contribution in [3.8, 4) is 0 Å². The van der Waals surface area contributed by atoms with E-state index in [0.29, 0.717) is 5.82 Å². The van der Waals surface area contributed by atoms with Crippen LogP contribution in [0.5, 0.6) is 0 Å². The van der Waals surface area contributed by atoms with Gasteiger partial charge < -0.3 is 10.2 Å². The average Bonchev–Trinajstić information content (AvgIpc) is 2.83. The largest absolute Gasteiger partial charge is 0.440 e. The number of hydrogen-bond donors (Lipinski definition) is 1. The molecule has 2 aromatic heterocycles. The Morgan fingerprint density at radius 3 is 3.06 bits per heavy atom. The van der Waals surface area contributed by atoms with Gasteiger partial charge in [0.1, 0.15) is 12.1 Å². The van der Waals surface area contributed by atoms with Gasteiger partial charge in [-0.1, -0.05) is 11.8 Å². The summed E-state index contributed by atoms with van der Waals surface area (Å²) in [6.45, 7) is 2.78. The van der Waals surface area contributed by atoms with Gasteiger partial charge >= 0.3 is 0 Å². The summed E-state index contributed by atoms with van der Waals surface area (Å²) in [5, 5.41) is 4.84. The molecule has 0 unspecified atom stereocenters. The summed E-state index contributed by atoms with van der Waals surface area (Å²) in [6, 6.07) is 1.80. The molecule has 2 heterocycles. The van der Waals surface area contributed by atoms with Crippen molar-refractivity contribution in [3.63, 3.8) is 0 Å². The number of anilines is 1. The Balaban J connectivity index is 1.69. The Labute approximate surface area is 98.0 Å². The molecule has 0 saturated heterocycles. The third-order valence-electron chi connectivity index (χ3n) is 2.02. The molecule has 16 heavy (non-hydrogen) atoms. The van der Waals surface area contributed by atoms with Crippen LogP contribution in [0.25, 0.3) is 0 Å². The first-order chi connectivity index (χ1) is 7.74. The van der Waals surface area contributed by atoms with Gasteiger partial charge in [0.2, 0.25) is 0 Å². The van der Waals surface area contributed by atoms with Crippen LogP contribution in [0.2, 0.25) is 0 Å². The Bertz CT molecular complexity index is 409. The molecule has 0 aliphatic heterocycles. The van der Waals surface area contributed by atoms with E-state index in [0.717, 1.165) is 29.6 Å². The third-order valence-corrected chi connectivity index (χ3v) is 2.94. The molecule has 2 rings (SSSR count). The highest BCUT2D eigenvalue weighted by molar-refractivity contribution is 7.99. The molecule has 0 aliphatic carbocycles. The lowest BCUT2D eigenvalue weighted by atomic mass is 10.5. The van der Waals surface area contributed by atoms with Gasteiger partial charge in [0.15, 0.2) is 0 Å². The Morgan fingerprint density at radius 1 is 1.56 bits per heavy atom. The van der Waals surface area contributed by atoms with Gasteiger partial charge in [0.25, 0.3) is 5.22 Å². The molecule has 5 nitrogen and oxygen atoms in total. The molecule has 2 N–H and O–H groups in total. The fraction of sp³-hybridized carbons (Fsp3) is 0.400. The number of nitrogen functional groups attached to an aromatic ring is 1. The summed E-state index contributed by atoms with van der Waals surface area (Å²) in [4.78, 5) is 4.21. The maximum atomic E-state index is 5.51. The van der Waals surface area contributed by atoms with E-state index in [1.807, 2.05) is 17.8 Å². The number of thioether (sulfide) groups is 1. The molecule has 0 aliphatic rings. The van der Waals surface area contributed by atoms with Crippen LogP contribution in [-0.2, 0) is 6.54 Å². The standard InChI is InChI=1S/C10H14N4OS/c1-8-7-15-10(12-8)16-6-2-4-14-5-3-9(11)13-14/h3,5,7H,2,4,6H2,1H3,(H2,11,13). The van der Waals surface area contributed by atoms with Gasteiger partial charge in [-0.25, -0.2) is 4.98 Å². The smallest absolute Gasteiger partial charge is 0.255 e. The van der Waals surface area contributed by atoms with E-state index in [9.17, 15) is 0 Å². The van der Waals surface area contributed by atoms with Crippen molar-refractivity contribution in [2.45, 2.75) is 25.1 Å². The summed E-state index contributed by atoms with van der Waals surface area (Å²) < 4.78 is 7.07. The Hall–Kier alpha value is -1.43. The predicted molar refractivity (Wildman–Crippen MR) is 63.2 cm³/mol. The second-order valence-corrected chi connectivity index (χ2v) is 4.51. The second-order valence-electron chi connectivity index (χ2n) is 3.46. The molecule has 0 radical (unpaired) electrons. The van der Waals surface area contributed by atoms with Crippen LogP contribution >= 0.6 is 11.8 Å². The maximum Gasteiger partial charge on any atom is 0.255 e. The second kappa shape index (κ2) is 5.07. The monoisotopic (exact) mass is 238 g/mol. The van der Waals surface area contributed by atoms with Crippen LogP contribution in [0.4, 0.5) is 5.82 Å². The molecule has 2 aromatic rings. The number of rotatable bonds is 5. The van der Waals surface area contributed by atoms with Gasteiger partial charge in [0.05, 0.1) is 5.69 Å². The number of aryl methyl sites for hydroxylation is 2. The van der Waals surface area contributed by atoms with Gasteiger partial charge in [0, 0.05) is 18.5 Å². The van der Waals surface area contributed by atoms with Crippen molar-refractivity contribution in [2.75, 3.05) is 11.5 Å². The first-order valence-electron chi connectivity index (χ1n) is 5.08. The predicted octanol–water partition coefficient (Wildman–Crippen LogP) is 1.94. The molecule has 0 atom stereocenters. The normalized spacial score (nSPS) is 10.8. The summed E-state index contributed by atoms with van der Waals surface area (Å²) >= 11 is 1.62. The van der Waals surface area contributed by atoms with Gasteiger partial charge in [-0.3, -0.25) is 4.68 Å². The molecule has 6 heteroatoms. The van der Waals surface area contributed by atoms with Gasteiger partial charge in [-0.15, -0.1) is 0 Å². The highest BCUT2D eigenvalue weighted by atomic mass is 32.2. The molecule has 0 fully saturated rings. The molecule has 0 saturated carbocycles. The average molecular weight is 238 g/mol. The first-order valence-corrected chi connectivity index (χ1v) is 6.06. The Kier molecular flexibility index (Phi) is 3.51. The Morgan fingerprint density at radius 2 is 2.44 bits per heavy atom. The summed E-state index contributed by atoms with van der Waals surface area (Å²) in [5.41, 5.74) is 6.43. The highest BCUT2D eigenvalue weighted by Crippen LogP contribution is 2.17. The van der Waals surface area contributed by atoms with E-state index >= 15 is 0 Å². The van der Waals surface area contributed by atoms with Crippen molar-refractivity contribution in [1.82, 2.24) is 14.8 Å². The van der Waals surface area contributed by atoms with Gasteiger partial charge in [-0.05, 0) is 19.4 Å². The molecule has 0 amide bonds. The van der Waals surface area contributed by atoms with Gasteiger partial charge in [-0.2, -0.15) is 5.10 Å². The zero-order chi connectivity index (χ0) is 11.4. The molecular formula is C10H14N4OS. The molecular weight excluding hydrogens is 224 g/mol. The number of hydrogen-bond acceptors (Lipinski definition) is 5. The fourth-order valence-corrected chi connectivity index (χ4v) is 2.06. The van der Waals surface area contributed by atoms with Crippen molar-refractivity contribution in [3.05, 3.63) is 24.2 Å². The SMILES string of the molecule is Cc1coc(SCCCn2ccc(N)n2)n1. The van der Waals surface area contributed by atoms with E-state index in [1.165, 1.54) is 0 Å². The van der Waals surface area contributed by atoms with Crippen LogP contribution in [0.3, 0.4) is 0 Å². The van der Waals surface area contributed by atoms with Crippen LogP contribution in [0.15, 0.2) is 28.2 Å². The molecule has 0 spiro atoms. The number of oxazole rings is 1. The summed E-state index contributed by atoms with van der Waals surface area (Å²) in [5.74, 6) is 1.52. The zero-order valence-electron chi connectivity index (χ0n) is 9.09. The number of aromatic nitrogens is 3. The van der Waals surface area contributed by atoms with Crippen molar-refractivity contribution < 1.29 is 4.42 Å². The quantitative estimate of drug-likeness (QED) is 0.636. The molecule has 0 bridgehead atoms. The van der Waals surface area contributed by atoms with E-state index in [4.69, 9.17) is 10.2 Å². The van der Waals surface area contributed by atoms with Crippen molar-refractivity contribution >= 4 is 17.6 Å². The van der Waals surface area contributed by atoms with E-state index in [1.54, 1.807) is 24.1 Å². The zero-order valence-corrected chi connectivity index (χ0v) is 9.91. The minimum absolute atomic E-state index is 0.566.